The maximum atomic E-state index is 12.0. The van der Waals surface area contributed by atoms with Crippen LogP contribution < -0.4 is 15.4 Å². The molecule has 2 amide bonds. The zero-order valence-corrected chi connectivity index (χ0v) is 13.9. The first-order chi connectivity index (χ1) is 11.1. The number of nitrogens with one attached hydrogen (secondary N) is 2. The van der Waals surface area contributed by atoms with Crippen molar-refractivity contribution in [2.75, 3.05) is 12.4 Å². The molecule has 0 radical (unpaired) electrons. The molecule has 1 unspecified atom stereocenters. The fourth-order valence-corrected chi connectivity index (χ4v) is 2.34. The van der Waals surface area contributed by atoms with Gasteiger partial charge in [0.25, 0.3) is 0 Å². The molecule has 0 saturated carbocycles. The van der Waals surface area contributed by atoms with Gasteiger partial charge in [-0.1, -0.05) is 30.3 Å². The molecule has 122 valence electrons. The van der Waals surface area contributed by atoms with E-state index in [0.717, 1.165) is 29.8 Å². The van der Waals surface area contributed by atoms with Crippen LogP contribution >= 0.6 is 0 Å². The van der Waals surface area contributed by atoms with Crippen molar-refractivity contribution in [1.82, 2.24) is 5.32 Å². The number of para-hydroxylation sites is 1. The standard InChI is InChI=1S/C19H24N2O2/c1-14-6-4-5-7-18(14)21-19(22)20-15(2)8-9-16-10-12-17(23-3)13-11-16/h4-7,10-13,15H,8-9H2,1-3H3,(H2,20,21,22). The van der Waals surface area contributed by atoms with E-state index in [0.29, 0.717) is 0 Å². The monoisotopic (exact) mass is 312 g/mol. The van der Waals surface area contributed by atoms with Gasteiger partial charge in [-0.2, -0.15) is 0 Å². The Morgan fingerprint density at radius 1 is 1.13 bits per heavy atom. The summed E-state index contributed by atoms with van der Waals surface area (Å²) in [5.74, 6) is 0.859. The van der Waals surface area contributed by atoms with Gasteiger partial charge in [-0.05, 0) is 56.0 Å². The molecule has 0 aliphatic rings. The lowest BCUT2D eigenvalue weighted by Gasteiger charge is -2.15. The molecular formula is C19H24N2O2. The number of amides is 2. The van der Waals surface area contributed by atoms with Crippen LogP contribution in [0.15, 0.2) is 48.5 Å². The van der Waals surface area contributed by atoms with Crippen LogP contribution in [0.1, 0.15) is 24.5 Å². The molecule has 0 aromatic heterocycles. The number of urea groups is 1. The van der Waals surface area contributed by atoms with E-state index in [1.807, 2.05) is 50.2 Å². The summed E-state index contributed by atoms with van der Waals surface area (Å²) < 4.78 is 5.15. The molecule has 0 bridgehead atoms. The molecule has 0 heterocycles. The number of ether oxygens (including phenoxy) is 1. The van der Waals surface area contributed by atoms with Crippen LogP contribution in [0.4, 0.5) is 10.5 Å². The molecule has 0 aliphatic carbocycles. The second kappa shape index (κ2) is 8.22. The van der Waals surface area contributed by atoms with Crippen LogP contribution in [0, 0.1) is 6.92 Å². The minimum absolute atomic E-state index is 0.0983. The average molecular weight is 312 g/mol. The summed E-state index contributed by atoms with van der Waals surface area (Å²) in [5.41, 5.74) is 3.12. The quantitative estimate of drug-likeness (QED) is 0.842. The number of anilines is 1. The van der Waals surface area contributed by atoms with Crippen molar-refractivity contribution in [3.63, 3.8) is 0 Å². The topological polar surface area (TPSA) is 50.4 Å². The van der Waals surface area contributed by atoms with E-state index in [2.05, 4.69) is 22.8 Å². The number of rotatable bonds is 6. The molecule has 2 aromatic carbocycles. The first-order valence-electron chi connectivity index (χ1n) is 7.84. The normalized spacial score (nSPS) is 11.6. The molecule has 0 saturated heterocycles. The van der Waals surface area contributed by atoms with Crippen molar-refractivity contribution in [2.24, 2.45) is 0 Å². The summed E-state index contributed by atoms with van der Waals surface area (Å²) in [4.78, 5) is 12.0. The zero-order chi connectivity index (χ0) is 16.7. The summed E-state index contributed by atoms with van der Waals surface area (Å²) in [6.07, 6.45) is 1.79. The Morgan fingerprint density at radius 2 is 1.83 bits per heavy atom. The average Bonchev–Trinajstić information content (AvgIpc) is 2.55. The van der Waals surface area contributed by atoms with Gasteiger partial charge in [0.1, 0.15) is 5.75 Å². The molecule has 2 rings (SSSR count). The molecule has 1 atom stereocenters. The van der Waals surface area contributed by atoms with Crippen molar-refractivity contribution in [3.8, 4) is 5.75 Å². The lowest BCUT2D eigenvalue weighted by Crippen LogP contribution is -2.36. The molecule has 2 aromatic rings. The lowest BCUT2D eigenvalue weighted by atomic mass is 10.1. The second-order valence-corrected chi connectivity index (χ2v) is 5.70. The van der Waals surface area contributed by atoms with E-state index in [4.69, 9.17) is 4.74 Å². The van der Waals surface area contributed by atoms with E-state index in [-0.39, 0.29) is 12.1 Å². The van der Waals surface area contributed by atoms with Crippen molar-refractivity contribution < 1.29 is 9.53 Å². The van der Waals surface area contributed by atoms with Gasteiger partial charge >= 0.3 is 6.03 Å². The Kier molecular flexibility index (Phi) is 6.03. The molecule has 23 heavy (non-hydrogen) atoms. The van der Waals surface area contributed by atoms with Gasteiger partial charge < -0.3 is 15.4 Å². The second-order valence-electron chi connectivity index (χ2n) is 5.70. The minimum Gasteiger partial charge on any atom is -0.497 e. The Bertz CT molecular complexity index is 638. The van der Waals surface area contributed by atoms with Crippen LogP contribution in [0.2, 0.25) is 0 Å². The first-order valence-corrected chi connectivity index (χ1v) is 7.84. The van der Waals surface area contributed by atoms with E-state index in [9.17, 15) is 4.79 Å². The number of carbonyl (C=O) groups is 1. The van der Waals surface area contributed by atoms with Gasteiger partial charge in [0.05, 0.1) is 7.11 Å². The SMILES string of the molecule is COc1ccc(CCC(C)NC(=O)Nc2ccccc2C)cc1. The number of aryl methyl sites for hydroxylation is 2. The molecule has 0 spiro atoms. The predicted octanol–water partition coefficient (Wildman–Crippen LogP) is 4.15. The van der Waals surface area contributed by atoms with Crippen molar-refractivity contribution in [3.05, 3.63) is 59.7 Å². The Morgan fingerprint density at radius 3 is 2.48 bits per heavy atom. The van der Waals surface area contributed by atoms with Crippen LogP contribution in [-0.4, -0.2) is 19.2 Å². The van der Waals surface area contributed by atoms with Crippen LogP contribution in [-0.2, 0) is 6.42 Å². The predicted molar refractivity (Wildman–Crippen MR) is 94.1 cm³/mol. The number of carbonyl (C=O) groups excluding carboxylic acids is 1. The van der Waals surface area contributed by atoms with Crippen molar-refractivity contribution in [1.29, 1.82) is 0 Å². The van der Waals surface area contributed by atoms with E-state index in [1.165, 1.54) is 5.56 Å². The third-order valence-corrected chi connectivity index (χ3v) is 3.80. The minimum atomic E-state index is -0.165. The van der Waals surface area contributed by atoms with Gasteiger partial charge in [0.2, 0.25) is 0 Å². The third kappa shape index (κ3) is 5.33. The lowest BCUT2D eigenvalue weighted by molar-refractivity contribution is 0.248. The summed E-state index contributed by atoms with van der Waals surface area (Å²) in [6.45, 7) is 3.99. The van der Waals surface area contributed by atoms with Gasteiger partial charge in [-0.15, -0.1) is 0 Å². The number of methoxy groups -OCH3 is 1. The fraction of sp³-hybridized carbons (Fsp3) is 0.316. The highest BCUT2D eigenvalue weighted by atomic mass is 16.5. The van der Waals surface area contributed by atoms with Crippen molar-refractivity contribution in [2.45, 2.75) is 32.7 Å². The maximum Gasteiger partial charge on any atom is 0.319 e. The van der Waals surface area contributed by atoms with Crippen LogP contribution in [0.3, 0.4) is 0 Å². The molecule has 0 fully saturated rings. The first kappa shape index (κ1) is 16.9. The molecule has 0 aliphatic heterocycles. The number of hydrogen-bond donors (Lipinski definition) is 2. The summed E-state index contributed by atoms with van der Waals surface area (Å²) in [7, 11) is 1.66. The zero-order valence-electron chi connectivity index (χ0n) is 13.9. The highest BCUT2D eigenvalue weighted by Crippen LogP contribution is 2.14. The smallest absolute Gasteiger partial charge is 0.319 e. The van der Waals surface area contributed by atoms with Gasteiger partial charge in [0, 0.05) is 11.7 Å². The molecule has 4 heteroatoms. The van der Waals surface area contributed by atoms with Gasteiger partial charge in [-0.25, -0.2) is 4.79 Å². The number of benzene rings is 2. The molecule has 2 N–H and O–H groups in total. The van der Waals surface area contributed by atoms with Crippen LogP contribution in [0.25, 0.3) is 0 Å². The molecule has 4 nitrogen and oxygen atoms in total. The van der Waals surface area contributed by atoms with E-state index in [1.54, 1.807) is 7.11 Å². The third-order valence-electron chi connectivity index (χ3n) is 3.80. The van der Waals surface area contributed by atoms with Crippen molar-refractivity contribution >= 4 is 11.7 Å². The Labute approximate surface area is 137 Å². The highest BCUT2D eigenvalue weighted by Gasteiger charge is 2.08. The molecular weight excluding hydrogens is 288 g/mol. The highest BCUT2D eigenvalue weighted by molar-refractivity contribution is 5.90. The van der Waals surface area contributed by atoms with Gasteiger partial charge in [-0.3, -0.25) is 0 Å². The van der Waals surface area contributed by atoms with E-state index < -0.39 is 0 Å². The summed E-state index contributed by atoms with van der Waals surface area (Å²) >= 11 is 0. The van der Waals surface area contributed by atoms with Crippen LogP contribution in [0.5, 0.6) is 5.75 Å². The van der Waals surface area contributed by atoms with Gasteiger partial charge in [0.15, 0.2) is 0 Å². The number of hydrogen-bond acceptors (Lipinski definition) is 2. The fourth-order valence-electron chi connectivity index (χ4n) is 2.34. The summed E-state index contributed by atoms with van der Waals surface area (Å²) in [5, 5.41) is 5.86. The Hall–Kier alpha value is -2.49. The maximum absolute atomic E-state index is 12.0. The largest absolute Gasteiger partial charge is 0.497 e. The summed E-state index contributed by atoms with van der Waals surface area (Å²) in [6, 6.07) is 15.7. The Balaban J connectivity index is 1.78. The van der Waals surface area contributed by atoms with E-state index >= 15 is 0 Å².